The Labute approximate surface area is 269 Å². The van der Waals surface area contributed by atoms with Crippen LogP contribution in [0, 0.1) is 11.3 Å². The smallest absolute Gasteiger partial charge is 0.186 e. The van der Waals surface area contributed by atoms with Gasteiger partial charge in [-0.3, -0.25) is 0 Å². The Morgan fingerprint density at radius 3 is 2.74 bits per heavy atom. The molecule has 3 aliphatic carbocycles. The Hall–Kier alpha value is -4.01. The third-order valence-corrected chi connectivity index (χ3v) is 11.9. The summed E-state index contributed by atoms with van der Waals surface area (Å²) < 4.78 is 8.52. The molecule has 5 aliphatic rings. The van der Waals surface area contributed by atoms with E-state index in [1.807, 2.05) is 12.3 Å². The lowest BCUT2D eigenvalue weighted by Crippen LogP contribution is -2.52. The van der Waals surface area contributed by atoms with Crippen LogP contribution in [0.15, 0.2) is 22.9 Å². The number of hydrogen-bond acceptors (Lipinski definition) is 10. The fourth-order valence-electron chi connectivity index (χ4n) is 9.38. The Balaban J connectivity index is 1.21. The minimum Gasteiger partial charge on any atom is -0.398 e. The van der Waals surface area contributed by atoms with Crippen molar-refractivity contribution in [1.29, 1.82) is 5.26 Å². The van der Waals surface area contributed by atoms with Crippen molar-refractivity contribution < 1.29 is 4.52 Å². The Morgan fingerprint density at radius 2 is 1.96 bits per heavy atom. The predicted molar refractivity (Wildman–Crippen MR) is 176 cm³/mol. The molecule has 46 heavy (non-hydrogen) atoms. The zero-order chi connectivity index (χ0) is 31.2. The van der Waals surface area contributed by atoms with Gasteiger partial charge in [0, 0.05) is 42.5 Å². The standard InChI is InChI=1S/C35H42N10O/c1-21(27-8-5-16-43(27)2)45-33-25(19-39-45)32(44-17-15-38-34(20-44)13-14-34)40-31(41-33)29-23-7-4-12-35(30(23)46-42-29)11-3-6-22-9-10-26(37)24(18-36)28(22)35/h9-10,19,21,27,38H,3-8,11-17,20,37H2,1-2H3/t21-,27-,35+/m0/s1. The van der Waals surface area contributed by atoms with Gasteiger partial charge in [-0.25, -0.2) is 14.6 Å². The van der Waals surface area contributed by atoms with Crippen LogP contribution in [0.1, 0.15) is 92.3 Å². The largest absolute Gasteiger partial charge is 0.398 e. The number of nitrogens with two attached hydrogens (primary N) is 1. The predicted octanol–water partition coefficient (Wildman–Crippen LogP) is 4.49. The van der Waals surface area contributed by atoms with E-state index < -0.39 is 5.41 Å². The molecule has 238 valence electrons. The SMILES string of the molecule is C[C@@H]([C@@H]1CCCN1C)n1ncc2c(N3CCNC4(CC4)C3)nc(-c3noc4c3CCC[C@@]43CCCc4ccc(N)c(C#N)c43)nc21. The van der Waals surface area contributed by atoms with Crippen LogP contribution in [0.4, 0.5) is 11.5 Å². The number of nitriles is 1. The molecular weight excluding hydrogens is 576 g/mol. The van der Waals surface area contributed by atoms with Gasteiger partial charge in [0.1, 0.15) is 11.9 Å². The van der Waals surface area contributed by atoms with Crippen LogP contribution in [0.5, 0.6) is 0 Å². The highest BCUT2D eigenvalue weighted by molar-refractivity contribution is 5.89. The van der Waals surface area contributed by atoms with Crippen LogP contribution in [-0.4, -0.2) is 74.6 Å². The van der Waals surface area contributed by atoms with E-state index in [0.29, 0.717) is 23.1 Å². The van der Waals surface area contributed by atoms with Crippen LogP contribution >= 0.6 is 0 Å². The van der Waals surface area contributed by atoms with Crippen LogP contribution < -0.4 is 16.0 Å². The average molecular weight is 619 g/mol. The number of nitrogens with zero attached hydrogens (tertiary/aromatic N) is 8. The molecule has 11 heteroatoms. The summed E-state index contributed by atoms with van der Waals surface area (Å²) in [7, 11) is 2.22. The molecular formula is C35H42N10O. The highest BCUT2D eigenvalue weighted by atomic mass is 16.5. The van der Waals surface area contributed by atoms with Crippen molar-refractivity contribution in [3.8, 4) is 17.6 Å². The number of aromatic nitrogens is 5. The van der Waals surface area contributed by atoms with E-state index >= 15 is 0 Å². The van der Waals surface area contributed by atoms with Gasteiger partial charge in [-0.15, -0.1) is 0 Å². The van der Waals surface area contributed by atoms with Gasteiger partial charge < -0.3 is 25.4 Å². The number of anilines is 2. The molecule has 2 saturated heterocycles. The third-order valence-electron chi connectivity index (χ3n) is 11.9. The number of likely N-dealkylation sites (N-methyl/N-ethyl adjacent to an activating group) is 1. The molecule has 3 atom stereocenters. The summed E-state index contributed by atoms with van der Waals surface area (Å²) in [4.78, 5) is 15.5. The number of aryl methyl sites for hydroxylation is 1. The first-order valence-electron chi connectivity index (χ1n) is 17.2. The van der Waals surface area contributed by atoms with Gasteiger partial charge in [0.15, 0.2) is 22.9 Å². The molecule has 9 rings (SSSR count). The summed E-state index contributed by atoms with van der Waals surface area (Å²) in [6, 6.07) is 7.00. The maximum atomic E-state index is 10.2. The van der Waals surface area contributed by atoms with E-state index in [9.17, 15) is 5.26 Å². The summed E-state index contributed by atoms with van der Waals surface area (Å²) in [5, 5.41) is 24.7. The van der Waals surface area contributed by atoms with Crippen molar-refractivity contribution in [2.75, 3.05) is 43.9 Å². The minimum atomic E-state index is -0.417. The Morgan fingerprint density at radius 1 is 1.11 bits per heavy atom. The molecule has 11 nitrogen and oxygen atoms in total. The molecule has 3 N–H and O–H groups in total. The van der Waals surface area contributed by atoms with Crippen LogP contribution in [0.3, 0.4) is 0 Å². The molecule has 0 amide bonds. The summed E-state index contributed by atoms with van der Waals surface area (Å²) in [6.45, 7) is 6.13. The van der Waals surface area contributed by atoms with Crippen LogP contribution in [-0.2, 0) is 18.3 Å². The number of rotatable bonds is 4. The van der Waals surface area contributed by atoms with Gasteiger partial charge in [-0.2, -0.15) is 10.4 Å². The lowest BCUT2D eigenvalue weighted by molar-refractivity contribution is 0.232. The highest BCUT2D eigenvalue weighted by Crippen LogP contribution is 2.53. The van der Waals surface area contributed by atoms with Crippen molar-refractivity contribution in [1.82, 2.24) is 35.1 Å². The second-order valence-corrected chi connectivity index (χ2v) is 14.6. The lowest BCUT2D eigenvalue weighted by Gasteiger charge is -2.41. The molecule has 4 aromatic rings. The zero-order valence-electron chi connectivity index (χ0n) is 26.8. The summed E-state index contributed by atoms with van der Waals surface area (Å²) in [5.74, 6) is 2.41. The van der Waals surface area contributed by atoms with Crippen LogP contribution in [0.25, 0.3) is 22.6 Å². The summed E-state index contributed by atoms with van der Waals surface area (Å²) in [6.07, 6.45) is 12.3. The van der Waals surface area contributed by atoms with Crippen molar-refractivity contribution in [2.45, 2.75) is 94.2 Å². The van der Waals surface area contributed by atoms with Crippen molar-refractivity contribution >= 4 is 22.5 Å². The minimum absolute atomic E-state index is 0.168. The fourth-order valence-corrected chi connectivity index (χ4v) is 9.38. The van der Waals surface area contributed by atoms with Crippen LogP contribution in [0.2, 0.25) is 0 Å². The molecule has 1 saturated carbocycles. The first-order chi connectivity index (χ1) is 22.4. The maximum Gasteiger partial charge on any atom is 0.186 e. The first kappa shape index (κ1) is 28.2. The van der Waals surface area contributed by atoms with Gasteiger partial charge in [0.05, 0.1) is 28.6 Å². The van der Waals surface area contributed by atoms with E-state index in [2.05, 4.69) is 45.9 Å². The van der Waals surface area contributed by atoms with Gasteiger partial charge >= 0.3 is 0 Å². The Bertz CT molecular complexity index is 1890. The summed E-state index contributed by atoms with van der Waals surface area (Å²) >= 11 is 0. The number of nitrogen functional groups attached to an aromatic ring is 1. The molecule has 1 aromatic carbocycles. The number of hydrogen-bond donors (Lipinski definition) is 2. The normalized spacial score (nSPS) is 25.9. The van der Waals surface area contributed by atoms with E-state index in [0.717, 1.165) is 111 Å². The molecule has 5 heterocycles. The van der Waals surface area contributed by atoms with Crippen molar-refractivity contribution in [3.05, 3.63) is 46.3 Å². The second kappa shape index (κ2) is 10.2. The van der Waals surface area contributed by atoms with Gasteiger partial charge in [-0.1, -0.05) is 11.2 Å². The quantitative estimate of drug-likeness (QED) is 0.315. The number of likely N-dealkylation sites (tertiary alicyclic amines) is 1. The molecule has 3 aromatic heterocycles. The monoisotopic (exact) mass is 618 g/mol. The topological polar surface area (TPSA) is 138 Å². The van der Waals surface area contributed by atoms with E-state index in [1.165, 1.54) is 24.8 Å². The molecule has 0 radical (unpaired) electrons. The molecule has 2 spiro atoms. The summed E-state index contributed by atoms with van der Waals surface area (Å²) in [5.41, 5.74) is 12.2. The van der Waals surface area contributed by atoms with E-state index in [-0.39, 0.29) is 11.6 Å². The molecule has 2 aliphatic heterocycles. The lowest BCUT2D eigenvalue weighted by atomic mass is 9.61. The molecule has 0 unspecified atom stereocenters. The number of benzene rings is 1. The number of piperazine rings is 1. The number of fused-ring (bicyclic) bond motifs is 5. The van der Waals surface area contributed by atoms with Gasteiger partial charge in [0.2, 0.25) is 0 Å². The zero-order valence-corrected chi connectivity index (χ0v) is 26.8. The molecule has 0 bridgehead atoms. The average Bonchev–Trinajstić information content (AvgIpc) is 3.42. The van der Waals surface area contributed by atoms with Crippen molar-refractivity contribution in [3.63, 3.8) is 0 Å². The first-order valence-corrected chi connectivity index (χ1v) is 17.2. The number of nitrogens with one attached hydrogen (secondary N) is 1. The van der Waals surface area contributed by atoms with E-state index in [1.54, 1.807) is 0 Å². The Kier molecular flexibility index (Phi) is 6.29. The van der Waals surface area contributed by atoms with Crippen molar-refractivity contribution in [2.24, 2.45) is 0 Å². The fraction of sp³-hybridized carbons (Fsp3) is 0.571. The van der Waals surface area contributed by atoms with E-state index in [4.69, 9.17) is 30.5 Å². The highest BCUT2D eigenvalue weighted by Gasteiger charge is 2.49. The van der Waals surface area contributed by atoms with Gasteiger partial charge in [0.25, 0.3) is 0 Å². The second-order valence-electron chi connectivity index (χ2n) is 14.6. The maximum absolute atomic E-state index is 10.2. The third kappa shape index (κ3) is 4.09. The molecule has 3 fully saturated rings. The van der Waals surface area contributed by atoms with Gasteiger partial charge in [-0.05, 0) is 102 Å².